The third-order valence-electron chi connectivity index (χ3n) is 3.51. The van der Waals surface area contributed by atoms with Crippen LogP contribution in [0, 0.1) is 0 Å². The molecule has 0 unspecified atom stereocenters. The predicted octanol–water partition coefficient (Wildman–Crippen LogP) is 4.04. The first-order valence-electron chi connectivity index (χ1n) is 7.47. The second-order valence-electron chi connectivity index (χ2n) is 5.12. The molecule has 0 fully saturated rings. The van der Waals surface area contributed by atoms with Gasteiger partial charge in [0, 0.05) is 0 Å². The molecule has 0 amide bonds. The third-order valence-corrected chi connectivity index (χ3v) is 3.51. The summed E-state index contributed by atoms with van der Waals surface area (Å²) in [5, 5.41) is 0. The van der Waals surface area contributed by atoms with Gasteiger partial charge in [0.05, 0.1) is 0 Å². The van der Waals surface area contributed by atoms with Crippen LogP contribution in [0.2, 0.25) is 0 Å². The van der Waals surface area contributed by atoms with E-state index in [1.165, 1.54) is 22.2 Å². The Morgan fingerprint density at radius 3 is 1.86 bits per heavy atom. The molecule has 0 nitrogen and oxygen atoms in total. The molecule has 0 saturated heterocycles. The van der Waals surface area contributed by atoms with Crippen molar-refractivity contribution in [3.63, 3.8) is 0 Å². The summed E-state index contributed by atoms with van der Waals surface area (Å²) >= 11 is 0. The summed E-state index contributed by atoms with van der Waals surface area (Å²) < 4.78 is 0. The molecule has 0 N–H and O–H groups in total. The molecule has 0 aromatic heterocycles. The maximum absolute atomic E-state index is 2.17. The van der Waals surface area contributed by atoms with Gasteiger partial charge < -0.3 is 0 Å². The topological polar surface area (TPSA) is 0 Å². The van der Waals surface area contributed by atoms with E-state index in [0.29, 0.717) is 0 Å². The summed E-state index contributed by atoms with van der Waals surface area (Å²) in [4.78, 5) is 0. The van der Waals surface area contributed by atoms with E-state index < -0.39 is 0 Å². The Morgan fingerprint density at radius 2 is 1.14 bits per heavy atom. The van der Waals surface area contributed by atoms with E-state index in [1.54, 1.807) is 0 Å². The van der Waals surface area contributed by atoms with E-state index in [2.05, 4.69) is 97.8 Å². The average molecular weight is 280 g/mol. The van der Waals surface area contributed by atoms with Crippen LogP contribution in [0.25, 0.3) is 12.2 Å². The first-order valence-corrected chi connectivity index (χ1v) is 7.47. The van der Waals surface area contributed by atoms with Gasteiger partial charge in [0.1, 0.15) is 0 Å². The Bertz CT molecular complexity index is 703. The van der Waals surface area contributed by atoms with E-state index in [-0.39, 0.29) is 0 Å². The van der Waals surface area contributed by atoms with Crippen LogP contribution < -0.4 is 5.46 Å². The predicted molar refractivity (Wildman–Crippen MR) is 98.8 cm³/mol. The van der Waals surface area contributed by atoms with Gasteiger partial charge in [-0.15, -0.1) is 0 Å². The number of hydrogen-bond donors (Lipinski definition) is 0. The molecule has 0 aliphatic heterocycles. The molecular weight excluding hydrogens is 263 g/mol. The van der Waals surface area contributed by atoms with Crippen LogP contribution in [-0.4, -0.2) is 12.9 Å². The zero-order valence-electron chi connectivity index (χ0n) is 12.4. The van der Waals surface area contributed by atoms with Gasteiger partial charge in [0.25, 0.3) is 0 Å². The fourth-order valence-electron chi connectivity index (χ4n) is 2.31. The van der Waals surface area contributed by atoms with Crippen molar-refractivity contribution in [3.8, 4) is 0 Å². The van der Waals surface area contributed by atoms with Crippen LogP contribution in [0.15, 0.2) is 84.9 Å². The molecule has 0 saturated carbocycles. The van der Waals surface area contributed by atoms with Gasteiger partial charge in [-0.05, 0) is 0 Å². The third kappa shape index (κ3) is 3.92. The number of rotatable bonds is 4. The molecule has 0 radical (unpaired) electrons. The van der Waals surface area contributed by atoms with Crippen molar-refractivity contribution < 1.29 is 0 Å². The molecule has 3 rings (SSSR count). The molecule has 0 heterocycles. The van der Waals surface area contributed by atoms with Gasteiger partial charge >= 0.3 is 132 Å². The monoisotopic (exact) mass is 280 g/mol. The molecule has 22 heavy (non-hydrogen) atoms. The second kappa shape index (κ2) is 7.37. The zero-order chi connectivity index (χ0) is 15.0. The summed E-state index contributed by atoms with van der Waals surface area (Å²) in [5.41, 5.74) is 4.87. The molecule has 0 atom stereocenters. The van der Waals surface area contributed by atoms with Gasteiger partial charge in [0.15, 0.2) is 0 Å². The molecule has 104 valence electrons. The standard InChI is InChI=1S/C21H17B/c1-3-9-18(10-4-1)15-16-20-13-7-8-14-21(20)22-17-19-11-5-2-6-12-19/h1-17H. The quantitative estimate of drug-likeness (QED) is 0.500. The zero-order valence-corrected chi connectivity index (χ0v) is 12.4. The minimum atomic E-state index is 1.21. The molecule has 0 aliphatic carbocycles. The Labute approximate surface area is 132 Å². The summed E-state index contributed by atoms with van der Waals surface area (Å²) in [6.07, 6.45) is 4.31. The van der Waals surface area contributed by atoms with E-state index in [9.17, 15) is 0 Å². The van der Waals surface area contributed by atoms with Crippen LogP contribution in [0.4, 0.5) is 0 Å². The Balaban J connectivity index is 1.84. The fourth-order valence-corrected chi connectivity index (χ4v) is 2.31. The van der Waals surface area contributed by atoms with Gasteiger partial charge in [-0.25, -0.2) is 0 Å². The van der Waals surface area contributed by atoms with Crippen LogP contribution in [-0.2, 0) is 0 Å². The van der Waals surface area contributed by atoms with Crippen molar-refractivity contribution in [2.24, 2.45) is 0 Å². The number of hydrogen-bond acceptors (Lipinski definition) is 0. The van der Waals surface area contributed by atoms with Crippen molar-refractivity contribution in [3.05, 3.63) is 102 Å². The summed E-state index contributed by atoms with van der Waals surface area (Å²) in [7, 11) is 0. The normalized spacial score (nSPS) is 10.9. The molecule has 0 aliphatic rings. The van der Waals surface area contributed by atoms with Crippen molar-refractivity contribution in [2.75, 3.05) is 0 Å². The van der Waals surface area contributed by atoms with Gasteiger partial charge in [0.2, 0.25) is 0 Å². The van der Waals surface area contributed by atoms with Crippen molar-refractivity contribution in [1.82, 2.24) is 0 Å². The summed E-state index contributed by atoms with van der Waals surface area (Å²) in [5.74, 6) is 2.15. The SMILES string of the molecule is B(=Cc1ccccc1)c1ccccc1C=Cc1ccccc1. The molecule has 1 heteroatoms. The van der Waals surface area contributed by atoms with E-state index in [4.69, 9.17) is 0 Å². The maximum atomic E-state index is 2.17. The molecule has 3 aromatic carbocycles. The van der Waals surface area contributed by atoms with Crippen molar-refractivity contribution >= 4 is 30.5 Å². The van der Waals surface area contributed by atoms with Gasteiger partial charge in [-0.3, -0.25) is 0 Å². The second-order valence-corrected chi connectivity index (χ2v) is 5.12. The van der Waals surface area contributed by atoms with Crippen LogP contribution in [0.1, 0.15) is 16.7 Å². The minimum absolute atomic E-state index is 1.21. The van der Waals surface area contributed by atoms with Gasteiger partial charge in [-0.1, -0.05) is 0 Å². The molecule has 3 aromatic rings. The fraction of sp³-hybridized carbons (Fsp3) is 0. The first-order chi connectivity index (χ1) is 10.9. The van der Waals surface area contributed by atoms with E-state index >= 15 is 0 Å². The number of benzene rings is 3. The Morgan fingerprint density at radius 1 is 0.545 bits per heavy atom. The molecule has 0 spiro atoms. The average Bonchev–Trinajstić information content (AvgIpc) is 2.61. The van der Waals surface area contributed by atoms with Gasteiger partial charge in [-0.2, -0.15) is 0 Å². The van der Waals surface area contributed by atoms with Crippen molar-refractivity contribution in [2.45, 2.75) is 0 Å². The molecule has 0 bridgehead atoms. The van der Waals surface area contributed by atoms with E-state index in [1.807, 2.05) is 12.1 Å². The first kappa shape index (κ1) is 14.3. The van der Waals surface area contributed by atoms with Crippen LogP contribution in [0.3, 0.4) is 0 Å². The summed E-state index contributed by atoms with van der Waals surface area (Å²) in [6.45, 7) is 2.17. The Hall–Kier alpha value is -2.67. The molecular formula is C21H17B. The van der Waals surface area contributed by atoms with E-state index in [0.717, 1.165) is 0 Å². The van der Waals surface area contributed by atoms with Crippen LogP contribution in [0.5, 0.6) is 0 Å². The van der Waals surface area contributed by atoms with Crippen LogP contribution >= 0.6 is 0 Å². The summed E-state index contributed by atoms with van der Waals surface area (Å²) in [6, 6.07) is 29.2. The Kier molecular flexibility index (Phi) is 4.79. The van der Waals surface area contributed by atoms with Crippen molar-refractivity contribution in [1.29, 1.82) is 0 Å².